The van der Waals surface area contributed by atoms with Crippen LogP contribution in [0.3, 0.4) is 0 Å². The van der Waals surface area contributed by atoms with Crippen molar-refractivity contribution in [2.24, 2.45) is 0 Å². The fourth-order valence-corrected chi connectivity index (χ4v) is 2.98. The standard InChI is InChI=1S/C11H15NO2S/c1-8-4-5-9(15-8)7-12-6-2-3-10(12)11(13)14/h4-5,10H,2-3,6-7H2,1H3,(H,13,14). The van der Waals surface area contributed by atoms with Gasteiger partial charge < -0.3 is 5.11 Å². The molecule has 1 aromatic heterocycles. The lowest BCUT2D eigenvalue weighted by Crippen LogP contribution is -2.35. The van der Waals surface area contributed by atoms with Gasteiger partial charge in [0, 0.05) is 16.3 Å². The van der Waals surface area contributed by atoms with Crippen molar-refractivity contribution < 1.29 is 9.90 Å². The Hall–Kier alpha value is -0.870. The van der Waals surface area contributed by atoms with Crippen molar-refractivity contribution in [1.82, 2.24) is 4.90 Å². The monoisotopic (exact) mass is 225 g/mol. The molecule has 2 rings (SSSR count). The summed E-state index contributed by atoms with van der Waals surface area (Å²) < 4.78 is 0. The number of rotatable bonds is 3. The van der Waals surface area contributed by atoms with E-state index in [0.717, 1.165) is 25.9 Å². The predicted octanol–water partition coefficient (Wildman–Crippen LogP) is 2.11. The van der Waals surface area contributed by atoms with Crippen LogP contribution in [0, 0.1) is 6.92 Å². The van der Waals surface area contributed by atoms with Gasteiger partial charge in [-0.2, -0.15) is 0 Å². The highest BCUT2D eigenvalue weighted by molar-refractivity contribution is 7.11. The summed E-state index contributed by atoms with van der Waals surface area (Å²) in [5.74, 6) is -0.680. The van der Waals surface area contributed by atoms with Crippen LogP contribution < -0.4 is 0 Å². The molecule has 0 radical (unpaired) electrons. The minimum absolute atomic E-state index is 0.271. The first-order valence-corrected chi connectivity index (χ1v) is 6.00. The maximum Gasteiger partial charge on any atom is 0.320 e. The second kappa shape index (κ2) is 4.33. The lowest BCUT2D eigenvalue weighted by Gasteiger charge is -2.19. The molecule has 82 valence electrons. The number of aryl methyl sites for hydroxylation is 1. The van der Waals surface area contributed by atoms with Crippen LogP contribution in [0.1, 0.15) is 22.6 Å². The van der Waals surface area contributed by atoms with E-state index in [1.54, 1.807) is 11.3 Å². The van der Waals surface area contributed by atoms with E-state index in [2.05, 4.69) is 24.0 Å². The quantitative estimate of drug-likeness (QED) is 0.856. The van der Waals surface area contributed by atoms with Gasteiger partial charge in [0.2, 0.25) is 0 Å². The Bertz CT molecular complexity index is 361. The Kier molecular flexibility index (Phi) is 3.07. The van der Waals surface area contributed by atoms with Crippen LogP contribution in [0.4, 0.5) is 0 Å². The third kappa shape index (κ3) is 2.38. The summed E-state index contributed by atoms with van der Waals surface area (Å²) in [7, 11) is 0. The summed E-state index contributed by atoms with van der Waals surface area (Å²) in [6.45, 7) is 3.77. The second-order valence-electron chi connectivity index (χ2n) is 3.98. The maximum atomic E-state index is 11.0. The van der Waals surface area contributed by atoms with E-state index in [4.69, 9.17) is 5.11 Å². The molecule has 2 heterocycles. The van der Waals surface area contributed by atoms with Gasteiger partial charge >= 0.3 is 5.97 Å². The number of carbonyl (C=O) groups is 1. The van der Waals surface area contributed by atoms with Gasteiger partial charge in [0.05, 0.1) is 0 Å². The topological polar surface area (TPSA) is 40.5 Å². The molecule has 1 aliphatic heterocycles. The molecule has 0 aromatic carbocycles. The highest BCUT2D eigenvalue weighted by atomic mass is 32.1. The van der Waals surface area contributed by atoms with Crippen molar-refractivity contribution in [2.75, 3.05) is 6.54 Å². The third-order valence-electron chi connectivity index (χ3n) is 2.80. The summed E-state index contributed by atoms with van der Waals surface area (Å²) in [5.41, 5.74) is 0. The van der Waals surface area contributed by atoms with Crippen molar-refractivity contribution in [1.29, 1.82) is 0 Å². The Morgan fingerprint density at radius 1 is 1.67 bits per heavy atom. The zero-order valence-electron chi connectivity index (χ0n) is 8.77. The van der Waals surface area contributed by atoms with Gasteiger partial charge in [0.15, 0.2) is 0 Å². The number of carboxylic acid groups (broad SMARTS) is 1. The molecule has 0 aliphatic carbocycles. The highest BCUT2D eigenvalue weighted by Gasteiger charge is 2.30. The third-order valence-corrected chi connectivity index (χ3v) is 3.79. The Morgan fingerprint density at radius 3 is 3.07 bits per heavy atom. The van der Waals surface area contributed by atoms with Crippen LogP contribution >= 0.6 is 11.3 Å². The Morgan fingerprint density at radius 2 is 2.47 bits per heavy atom. The van der Waals surface area contributed by atoms with E-state index in [0.29, 0.717) is 0 Å². The highest BCUT2D eigenvalue weighted by Crippen LogP contribution is 2.23. The van der Waals surface area contributed by atoms with E-state index in [1.165, 1.54) is 9.75 Å². The molecule has 1 fully saturated rings. The smallest absolute Gasteiger partial charge is 0.320 e. The molecule has 1 aromatic rings. The molecule has 1 unspecified atom stereocenters. The van der Waals surface area contributed by atoms with Crippen LogP contribution in [0.2, 0.25) is 0 Å². The maximum absolute atomic E-state index is 11.0. The largest absolute Gasteiger partial charge is 0.480 e. The molecule has 3 nitrogen and oxygen atoms in total. The fourth-order valence-electron chi connectivity index (χ4n) is 2.07. The van der Waals surface area contributed by atoms with Gasteiger partial charge in [0.1, 0.15) is 6.04 Å². The molecule has 0 saturated carbocycles. The molecular formula is C11H15NO2S. The van der Waals surface area contributed by atoms with E-state index in [1.807, 2.05) is 0 Å². The first-order valence-electron chi connectivity index (χ1n) is 5.19. The summed E-state index contributed by atoms with van der Waals surface area (Å²) >= 11 is 1.75. The van der Waals surface area contributed by atoms with Crippen molar-refractivity contribution in [3.05, 3.63) is 21.9 Å². The molecule has 0 bridgehead atoms. The summed E-state index contributed by atoms with van der Waals surface area (Å²) in [5, 5.41) is 9.03. The lowest BCUT2D eigenvalue weighted by molar-refractivity contribution is -0.142. The summed E-state index contributed by atoms with van der Waals surface area (Å²) in [4.78, 5) is 15.6. The van der Waals surface area contributed by atoms with Gasteiger partial charge in [-0.25, -0.2) is 0 Å². The van der Waals surface area contributed by atoms with Gasteiger partial charge in [-0.05, 0) is 38.4 Å². The number of hydrogen-bond donors (Lipinski definition) is 1. The van der Waals surface area contributed by atoms with Gasteiger partial charge in [0.25, 0.3) is 0 Å². The molecule has 1 atom stereocenters. The average molecular weight is 225 g/mol. The summed E-state index contributed by atoms with van der Waals surface area (Å²) in [6.07, 6.45) is 1.79. The van der Waals surface area contributed by atoms with Crippen molar-refractivity contribution >= 4 is 17.3 Å². The SMILES string of the molecule is Cc1ccc(CN2CCCC2C(=O)O)s1. The predicted molar refractivity (Wildman–Crippen MR) is 60.1 cm³/mol. The lowest BCUT2D eigenvalue weighted by atomic mass is 10.2. The van der Waals surface area contributed by atoms with Crippen LogP contribution in [0.25, 0.3) is 0 Å². The van der Waals surface area contributed by atoms with E-state index >= 15 is 0 Å². The zero-order valence-corrected chi connectivity index (χ0v) is 9.59. The minimum Gasteiger partial charge on any atom is -0.480 e. The number of likely N-dealkylation sites (tertiary alicyclic amines) is 1. The van der Waals surface area contributed by atoms with Crippen LogP contribution in [-0.4, -0.2) is 28.6 Å². The fraction of sp³-hybridized carbons (Fsp3) is 0.545. The number of carboxylic acids is 1. The van der Waals surface area contributed by atoms with Gasteiger partial charge in [-0.15, -0.1) is 11.3 Å². The first kappa shape index (κ1) is 10.6. The molecule has 0 amide bonds. The van der Waals surface area contributed by atoms with E-state index < -0.39 is 5.97 Å². The molecular weight excluding hydrogens is 210 g/mol. The normalized spacial score (nSPS) is 22.1. The summed E-state index contributed by atoms with van der Waals surface area (Å²) in [6, 6.07) is 3.91. The second-order valence-corrected chi connectivity index (χ2v) is 5.35. The number of thiophene rings is 1. The first-order chi connectivity index (χ1) is 7.16. The van der Waals surface area contributed by atoms with E-state index in [9.17, 15) is 4.79 Å². The molecule has 0 spiro atoms. The molecule has 4 heteroatoms. The Balaban J connectivity index is 2.02. The number of nitrogens with zero attached hydrogens (tertiary/aromatic N) is 1. The van der Waals surface area contributed by atoms with Gasteiger partial charge in [-0.3, -0.25) is 9.69 Å². The molecule has 1 N–H and O–H groups in total. The van der Waals surface area contributed by atoms with Crippen LogP contribution in [0.5, 0.6) is 0 Å². The van der Waals surface area contributed by atoms with Crippen molar-refractivity contribution in [2.45, 2.75) is 32.4 Å². The van der Waals surface area contributed by atoms with Crippen LogP contribution in [-0.2, 0) is 11.3 Å². The van der Waals surface area contributed by atoms with Crippen molar-refractivity contribution in [3.8, 4) is 0 Å². The molecule has 1 saturated heterocycles. The Labute approximate surface area is 93.3 Å². The van der Waals surface area contributed by atoms with Crippen molar-refractivity contribution in [3.63, 3.8) is 0 Å². The zero-order chi connectivity index (χ0) is 10.8. The number of aliphatic carboxylic acids is 1. The molecule has 15 heavy (non-hydrogen) atoms. The number of hydrogen-bond acceptors (Lipinski definition) is 3. The van der Waals surface area contributed by atoms with Crippen LogP contribution in [0.15, 0.2) is 12.1 Å². The van der Waals surface area contributed by atoms with Gasteiger partial charge in [-0.1, -0.05) is 0 Å². The average Bonchev–Trinajstić information content (AvgIpc) is 2.75. The molecule has 1 aliphatic rings. The minimum atomic E-state index is -0.680. The van der Waals surface area contributed by atoms with E-state index in [-0.39, 0.29) is 6.04 Å².